The van der Waals surface area contributed by atoms with Gasteiger partial charge in [0.1, 0.15) is 0 Å². The maximum Gasteiger partial charge on any atom is 0.416 e. The van der Waals surface area contributed by atoms with Crippen LogP contribution in [-0.4, -0.2) is 11.1 Å². The Labute approximate surface area is 100 Å². The van der Waals surface area contributed by atoms with E-state index in [1.165, 1.54) is 18.2 Å². The molecule has 0 radical (unpaired) electrons. The van der Waals surface area contributed by atoms with Gasteiger partial charge in [0, 0.05) is 6.08 Å². The molecule has 0 saturated carbocycles. The molecule has 1 amide bonds. The van der Waals surface area contributed by atoms with Gasteiger partial charge >= 0.3 is 6.18 Å². The Kier molecular flexibility index (Phi) is 4.31. The fourth-order valence-electron chi connectivity index (χ4n) is 1.03. The number of thiocarbonyl (C=S) groups is 1. The van der Waals surface area contributed by atoms with Crippen molar-refractivity contribution in [1.29, 1.82) is 0 Å². The first-order chi connectivity index (χ1) is 7.93. The van der Waals surface area contributed by atoms with Gasteiger partial charge in [0.2, 0.25) is 0 Å². The quantitative estimate of drug-likeness (QED) is 0.462. The molecule has 0 aliphatic carbocycles. The number of carbonyl (C=O) groups excluding carboxylic acids is 1. The lowest BCUT2D eigenvalue weighted by molar-refractivity contribution is -0.137. The van der Waals surface area contributed by atoms with Crippen molar-refractivity contribution in [2.45, 2.75) is 6.18 Å². The Balaban J connectivity index is 2.82. The molecule has 1 aromatic rings. The zero-order valence-corrected chi connectivity index (χ0v) is 9.18. The van der Waals surface area contributed by atoms with E-state index in [1.807, 2.05) is 5.16 Å². The van der Waals surface area contributed by atoms with Crippen LogP contribution in [0.2, 0.25) is 0 Å². The largest absolute Gasteiger partial charge is 0.416 e. The second-order valence-corrected chi connectivity index (χ2v) is 3.18. The highest BCUT2D eigenvalue weighted by Gasteiger charge is 2.29. The highest BCUT2D eigenvalue weighted by molar-refractivity contribution is 7.78. The number of carbonyl (C=O) groups is 1. The van der Waals surface area contributed by atoms with Crippen LogP contribution in [0.1, 0.15) is 11.1 Å². The normalized spacial score (nSPS) is 11.2. The van der Waals surface area contributed by atoms with Gasteiger partial charge in [0.05, 0.1) is 10.7 Å². The highest BCUT2D eigenvalue weighted by Crippen LogP contribution is 2.29. The molecule has 0 heterocycles. The molecular formula is C11H6F3NOS. The molecule has 2 nitrogen and oxygen atoms in total. The summed E-state index contributed by atoms with van der Waals surface area (Å²) in [6, 6.07) is 4.39. The molecule has 0 aliphatic heterocycles. The van der Waals surface area contributed by atoms with Crippen LogP contribution >= 0.6 is 12.2 Å². The smallest absolute Gasteiger partial charge is 0.267 e. The van der Waals surface area contributed by atoms with Crippen molar-refractivity contribution >= 4 is 29.4 Å². The van der Waals surface area contributed by atoms with E-state index in [9.17, 15) is 18.0 Å². The van der Waals surface area contributed by atoms with Crippen LogP contribution < -0.4 is 0 Å². The molecule has 0 aliphatic rings. The van der Waals surface area contributed by atoms with Crippen LogP contribution in [0.5, 0.6) is 0 Å². The lowest BCUT2D eigenvalue weighted by Crippen LogP contribution is -2.03. The van der Waals surface area contributed by atoms with Crippen LogP contribution in [0.25, 0.3) is 6.08 Å². The second-order valence-electron chi connectivity index (χ2n) is 2.99. The summed E-state index contributed by atoms with van der Waals surface area (Å²) in [6.45, 7) is 0. The van der Waals surface area contributed by atoms with Crippen LogP contribution in [0, 0.1) is 0 Å². The fraction of sp³-hybridized carbons (Fsp3) is 0.0909. The number of hydrogen-bond donors (Lipinski definition) is 0. The van der Waals surface area contributed by atoms with Gasteiger partial charge in [0.25, 0.3) is 5.91 Å². The molecule has 1 aromatic carbocycles. The summed E-state index contributed by atoms with van der Waals surface area (Å²) in [5.74, 6) is -0.611. The predicted octanol–water partition coefficient (Wildman–Crippen LogP) is 3.35. The first-order valence-electron chi connectivity index (χ1n) is 4.40. The number of aliphatic imine (C=N–C) groups is 1. The third-order valence-electron chi connectivity index (χ3n) is 1.81. The van der Waals surface area contributed by atoms with Gasteiger partial charge in [0.15, 0.2) is 0 Å². The van der Waals surface area contributed by atoms with Crippen molar-refractivity contribution in [1.82, 2.24) is 0 Å². The minimum atomic E-state index is -4.36. The van der Waals surface area contributed by atoms with Crippen molar-refractivity contribution < 1.29 is 18.0 Å². The van der Waals surface area contributed by atoms with E-state index in [1.54, 1.807) is 0 Å². The van der Waals surface area contributed by atoms with Gasteiger partial charge < -0.3 is 0 Å². The van der Waals surface area contributed by atoms with Gasteiger partial charge in [-0.15, -0.1) is 0 Å². The Morgan fingerprint density at radius 2 is 1.88 bits per heavy atom. The standard InChI is InChI=1S/C11H6F3NOS/c12-11(13,14)9-4-1-8(2-5-9)3-6-10(16)15-7-17/h1-6H. The van der Waals surface area contributed by atoms with E-state index in [2.05, 4.69) is 17.2 Å². The molecule has 0 unspecified atom stereocenters. The Morgan fingerprint density at radius 1 is 1.29 bits per heavy atom. The lowest BCUT2D eigenvalue weighted by atomic mass is 10.1. The maximum absolute atomic E-state index is 12.2. The molecule has 0 bridgehead atoms. The van der Waals surface area contributed by atoms with E-state index in [4.69, 9.17) is 0 Å². The molecule has 88 valence electrons. The van der Waals surface area contributed by atoms with Crippen molar-refractivity contribution in [3.8, 4) is 0 Å². The Bertz CT molecular complexity index is 484. The monoisotopic (exact) mass is 257 g/mol. The first kappa shape index (κ1) is 13.3. The highest BCUT2D eigenvalue weighted by atomic mass is 32.1. The van der Waals surface area contributed by atoms with Crippen molar-refractivity contribution in [2.24, 2.45) is 4.99 Å². The molecule has 0 fully saturated rings. The number of hydrogen-bond acceptors (Lipinski definition) is 2. The molecule has 6 heteroatoms. The second kappa shape index (κ2) is 5.52. The van der Waals surface area contributed by atoms with E-state index in [-0.39, 0.29) is 0 Å². The lowest BCUT2D eigenvalue weighted by Gasteiger charge is -2.05. The molecule has 0 N–H and O–H groups in total. The molecule has 0 atom stereocenters. The van der Waals surface area contributed by atoms with Crippen LogP contribution in [0.4, 0.5) is 13.2 Å². The third-order valence-corrected chi connectivity index (χ3v) is 1.90. The molecular weight excluding hydrogens is 251 g/mol. The van der Waals surface area contributed by atoms with E-state index in [0.29, 0.717) is 5.56 Å². The predicted molar refractivity (Wildman–Crippen MR) is 60.5 cm³/mol. The summed E-state index contributed by atoms with van der Waals surface area (Å²) in [4.78, 5) is 14.0. The minimum absolute atomic E-state index is 0.464. The average Bonchev–Trinajstić information content (AvgIpc) is 2.26. The average molecular weight is 257 g/mol. The van der Waals surface area contributed by atoms with Gasteiger partial charge in [-0.2, -0.15) is 18.2 Å². The number of nitrogens with zero attached hydrogens (tertiary/aromatic N) is 1. The number of rotatable bonds is 2. The number of amides is 1. The van der Waals surface area contributed by atoms with Gasteiger partial charge in [-0.1, -0.05) is 12.1 Å². The van der Waals surface area contributed by atoms with E-state index in [0.717, 1.165) is 18.2 Å². The van der Waals surface area contributed by atoms with Crippen LogP contribution in [0.3, 0.4) is 0 Å². The number of isothiocyanates is 1. The fourth-order valence-corrected chi connectivity index (χ4v) is 1.12. The summed E-state index contributed by atoms with van der Waals surface area (Å²) in [6.07, 6.45) is -1.92. The number of benzene rings is 1. The molecule has 0 aromatic heterocycles. The summed E-state index contributed by atoms with van der Waals surface area (Å²) in [7, 11) is 0. The molecule has 0 saturated heterocycles. The van der Waals surface area contributed by atoms with Gasteiger partial charge in [-0.25, -0.2) is 0 Å². The topological polar surface area (TPSA) is 29.4 Å². The summed E-state index contributed by atoms with van der Waals surface area (Å²) < 4.78 is 36.7. The minimum Gasteiger partial charge on any atom is -0.267 e. The van der Waals surface area contributed by atoms with Crippen molar-refractivity contribution in [2.75, 3.05) is 0 Å². The van der Waals surface area contributed by atoms with E-state index >= 15 is 0 Å². The van der Waals surface area contributed by atoms with Crippen LogP contribution in [0.15, 0.2) is 35.3 Å². The summed E-state index contributed by atoms with van der Waals surface area (Å²) >= 11 is 4.22. The molecule has 0 spiro atoms. The van der Waals surface area contributed by atoms with Gasteiger partial charge in [-0.05, 0) is 36.0 Å². The zero-order valence-electron chi connectivity index (χ0n) is 8.36. The number of halogens is 3. The molecule has 1 rings (SSSR count). The van der Waals surface area contributed by atoms with Crippen LogP contribution in [-0.2, 0) is 11.0 Å². The summed E-state index contributed by atoms with van der Waals surface area (Å²) in [5, 5.41) is 1.89. The Morgan fingerprint density at radius 3 is 2.35 bits per heavy atom. The zero-order chi connectivity index (χ0) is 12.9. The maximum atomic E-state index is 12.2. The van der Waals surface area contributed by atoms with E-state index < -0.39 is 17.6 Å². The third kappa shape index (κ3) is 4.30. The van der Waals surface area contributed by atoms with Gasteiger partial charge in [-0.3, -0.25) is 4.79 Å². The van der Waals surface area contributed by atoms with Crippen molar-refractivity contribution in [3.63, 3.8) is 0 Å². The first-order valence-corrected chi connectivity index (χ1v) is 4.81. The SMILES string of the molecule is O=C(C=Cc1ccc(C(F)(F)F)cc1)N=C=S. The van der Waals surface area contributed by atoms with Crippen molar-refractivity contribution in [3.05, 3.63) is 41.5 Å². The summed E-state index contributed by atoms with van der Waals surface area (Å²) in [5.41, 5.74) is -0.274. The molecule has 17 heavy (non-hydrogen) atoms. The Hall–Kier alpha value is -1.78. The number of alkyl halides is 3.